The minimum Gasteiger partial charge on any atom is -0.383 e. The van der Waals surface area contributed by atoms with Gasteiger partial charge in [-0.15, -0.1) is 13.2 Å². The van der Waals surface area contributed by atoms with Crippen LogP contribution in [0.3, 0.4) is 0 Å². The summed E-state index contributed by atoms with van der Waals surface area (Å²) in [5.41, 5.74) is 6.36. The first kappa shape index (κ1) is 15.8. The van der Waals surface area contributed by atoms with Crippen molar-refractivity contribution in [2.45, 2.75) is 6.42 Å². The lowest BCUT2D eigenvalue weighted by molar-refractivity contribution is 0.919. The molecule has 0 aromatic carbocycles. The zero-order valence-corrected chi connectivity index (χ0v) is 11.5. The Morgan fingerprint density at radius 1 is 1.10 bits per heavy atom. The molecular formula is C15H14N6. The highest BCUT2D eigenvalue weighted by atomic mass is 15.2. The molecule has 1 rings (SSSR count). The van der Waals surface area contributed by atoms with E-state index in [4.69, 9.17) is 16.3 Å². The Kier molecular flexibility index (Phi) is 5.50. The number of pyridine rings is 1. The summed E-state index contributed by atoms with van der Waals surface area (Å²) in [7, 11) is 0. The van der Waals surface area contributed by atoms with E-state index in [-0.39, 0.29) is 23.4 Å². The summed E-state index contributed by atoms with van der Waals surface area (Å²) in [6, 6.07) is 5.87. The molecular weight excluding hydrogens is 264 g/mol. The Morgan fingerprint density at radius 2 is 1.67 bits per heavy atom. The first-order valence-corrected chi connectivity index (χ1v) is 6.10. The smallest absolute Gasteiger partial charge is 0.149 e. The first-order valence-electron chi connectivity index (χ1n) is 6.10. The van der Waals surface area contributed by atoms with E-state index in [1.165, 1.54) is 0 Å². The van der Waals surface area contributed by atoms with Crippen molar-refractivity contribution < 1.29 is 0 Å². The molecule has 1 aromatic rings. The topological polar surface area (TPSA) is 114 Å². The van der Waals surface area contributed by atoms with Gasteiger partial charge in [0.15, 0.2) is 0 Å². The molecule has 0 saturated heterocycles. The van der Waals surface area contributed by atoms with Crippen molar-refractivity contribution >= 4 is 11.6 Å². The molecule has 21 heavy (non-hydrogen) atoms. The number of nitrogens with zero attached hydrogens (tertiary/aromatic N) is 5. The van der Waals surface area contributed by atoms with Crippen molar-refractivity contribution in [1.82, 2.24) is 4.98 Å². The van der Waals surface area contributed by atoms with E-state index in [1.807, 2.05) is 18.2 Å². The highest BCUT2D eigenvalue weighted by molar-refractivity contribution is 5.69. The highest BCUT2D eigenvalue weighted by Crippen LogP contribution is 2.28. The lowest BCUT2D eigenvalue weighted by Crippen LogP contribution is -2.26. The minimum absolute atomic E-state index is 0.00914. The maximum absolute atomic E-state index is 9.39. The van der Waals surface area contributed by atoms with Gasteiger partial charge in [0.2, 0.25) is 0 Å². The third kappa shape index (κ3) is 3.18. The Morgan fingerprint density at radius 3 is 2.10 bits per heavy atom. The van der Waals surface area contributed by atoms with E-state index >= 15 is 0 Å². The van der Waals surface area contributed by atoms with Crippen molar-refractivity contribution in [3.63, 3.8) is 0 Å². The zero-order valence-electron chi connectivity index (χ0n) is 11.5. The van der Waals surface area contributed by atoms with Crippen molar-refractivity contribution in [2.24, 2.45) is 0 Å². The van der Waals surface area contributed by atoms with Crippen LogP contribution in [0.5, 0.6) is 0 Å². The fourth-order valence-corrected chi connectivity index (χ4v) is 1.93. The molecule has 0 spiro atoms. The van der Waals surface area contributed by atoms with Gasteiger partial charge in [0.1, 0.15) is 29.3 Å². The first-order chi connectivity index (χ1) is 10.1. The largest absolute Gasteiger partial charge is 0.383 e. The maximum Gasteiger partial charge on any atom is 0.149 e. The average molecular weight is 278 g/mol. The van der Waals surface area contributed by atoms with Crippen LogP contribution in [-0.2, 0) is 6.42 Å². The molecule has 0 unspecified atom stereocenters. The van der Waals surface area contributed by atoms with Crippen LogP contribution < -0.4 is 10.6 Å². The van der Waals surface area contributed by atoms with Crippen LogP contribution in [0.4, 0.5) is 11.6 Å². The van der Waals surface area contributed by atoms with Crippen LogP contribution in [0.15, 0.2) is 25.3 Å². The van der Waals surface area contributed by atoms with Gasteiger partial charge in [-0.25, -0.2) is 4.98 Å². The normalized spacial score (nSPS) is 9.00. The molecule has 0 aliphatic rings. The molecule has 6 heteroatoms. The van der Waals surface area contributed by atoms with Crippen LogP contribution in [0, 0.1) is 34.0 Å². The number of hydrogen-bond donors (Lipinski definition) is 1. The van der Waals surface area contributed by atoms with E-state index < -0.39 is 0 Å². The predicted octanol–water partition coefficient (Wildman–Crippen LogP) is 1.65. The monoisotopic (exact) mass is 278 g/mol. The summed E-state index contributed by atoms with van der Waals surface area (Å²) >= 11 is 0. The molecule has 1 aromatic heterocycles. The summed E-state index contributed by atoms with van der Waals surface area (Å²) in [5.74, 6) is 0.342. The van der Waals surface area contributed by atoms with E-state index in [2.05, 4.69) is 18.1 Å². The van der Waals surface area contributed by atoms with Crippen LogP contribution in [0.2, 0.25) is 0 Å². The fraction of sp³-hybridized carbons (Fsp3) is 0.200. The molecule has 1 heterocycles. The lowest BCUT2D eigenvalue weighted by Gasteiger charge is -2.23. The van der Waals surface area contributed by atoms with Crippen LogP contribution in [-0.4, -0.2) is 18.1 Å². The molecule has 0 saturated carbocycles. The van der Waals surface area contributed by atoms with Crippen LogP contribution in [0.1, 0.15) is 16.7 Å². The molecule has 0 radical (unpaired) electrons. The molecule has 0 amide bonds. The molecule has 6 nitrogen and oxygen atoms in total. The number of hydrogen-bond acceptors (Lipinski definition) is 6. The number of anilines is 2. The second-order valence-electron chi connectivity index (χ2n) is 4.09. The van der Waals surface area contributed by atoms with Gasteiger partial charge >= 0.3 is 0 Å². The molecule has 2 N–H and O–H groups in total. The van der Waals surface area contributed by atoms with E-state index in [0.717, 1.165) is 0 Å². The number of aromatic nitrogens is 1. The van der Waals surface area contributed by atoms with Crippen LogP contribution in [0.25, 0.3) is 0 Å². The van der Waals surface area contributed by atoms with Gasteiger partial charge in [-0.3, -0.25) is 0 Å². The zero-order chi connectivity index (χ0) is 15.8. The second-order valence-corrected chi connectivity index (χ2v) is 4.09. The number of nitrogen functional groups attached to an aromatic ring is 1. The number of nitrogens with two attached hydrogens (primary N) is 1. The summed E-state index contributed by atoms with van der Waals surface area (Å²) in [4.78, 5) is 5.90. The average Bonchev–Trinajstić information content (AvgIpc) is 2.47. The highest BCUT2D eigenvalue weighted by Gasteiger charge is 2.21. The van der Waals surface area contributed by atoms with Gasteiger partial charge in [0.25, 0.3) is 0 Å². The van der Waals surface area contributed by atoms with Gasteiger partial charge < -0.3 is 10.6 Å². The van der Waals surface area contributed by atoms with E-state index in [0.29, 0.717) is 24.5 Å². The van der Waals surface area contributed by atoms with Crippen molar-refractivity contribution in [3.8, 4) is 18.2 Å². The van der Waals surface area contributed by atoms with E-state index in [9.17, 15) is 5.26 Å². The maximum atomic E-state index is 9.39. The van der Waals surface area contributed by atoms with Crippen molar-refractivity contribution in [3.05, 3.63) is 42.0 Å². The lowest BCUT2D eigenvalue weighted by atomic mass is 10.0. The Bertz CT molecular complexity index is 674. The van der Waals surface area contributed by atoms with Gasteiger partial charge in [-0.05, 0) is 0 Å². The third-order valence-corrected chi connectivity index (χ3v) is 2.79. The molecule has 0 aliphatic heterocycles. The summed E-state index contributed by atoms with van der Waals surface area (Å²) in [6.45, 7) is 8.18. The summed E-state index contributed by atoms with van der Waals surface area (Å²) < 4.78 is 0. The molecule has 104 valence electrons. The minimum atomic E-state index is -0.0818. The summed E-state index contributed by atoms with van der Waals surface area (Å²) in [5, 5.41) is 27.5. The summed E-state index contributed by atoms with van der Waals surface area (Å²) in [6.07, 6.45) is 3.23. The molecule has 0 atom stereocenters. The van der Waals surface area contributed by atoms with Gasteiger partial charge in [-0.1, -0.05) is 12.2 Å². The predicted molar refractivity (Wildman–Crippen MR) is 80.0 cm³/mol. The van der Waals surface area contributed by atoms with Gasteiger partial charge in [0, 0.05) is 18.7 Å². The quantitative estimate of drug-likeness (QED) is 0.791. The Balaban J connectivity index is 3.64. The van der Waals surface area contributed by atoms with Crippen molar-refractivity contribution in [2.75, 3.05) is 23.7 Å². The Labute approximate surface area is 123 Å². The number of rotatable bonds is 6. The molecule has 0 fully saturated rings. The molecule has 0 bridgehead atoms. The van der Waals surface area contributed by atoms with Crippen molar-refractivity contribution in [1.29, 1.82) is 15.8 Å². The second kappa shape index (κ2) is 7.33. The fourth-order valence-electron chi connectivity index (χ4n) is 1.93. The van der Waals surface area contributed by atoms with E-state index in [1.54, 1.807) is 17.1 Å². The standard InChI is InChI=1S/C15H14N6/c1-3-7-21(8-4-2)15-13(10-18)11(5-6-16)12(9-17)14(19)20-15/h3-4H,1-2,5,7-8H2,(H2,19,20). The SMILES string of the molecule is C=CCN(CC=C)c1nc(N)c(C#N)c(CC#N)c1C#N. The Hall–Kier alpha value is -3.30. The van der Waals surface area contributed by atoms with Gasteiger partial charge in [-0.2, -0.15) is 15.8 Å². The van der Waals surface area contributed by atoms with Crippen LogP contribution >= 0.6 is 0 Å². The van der Waals surface area contributed by atoms with Gasteiger partial charge in [0.05, 0.1) is 18.1 Å². The number of nitriles is 3. The molecule has 0 aliphatic carbocycles. The third-order valence-electron chi connectivity index (χ3n) is 2.79.